The van der Waals surface area contributed by atoms with Crippen LogP contribution in [0.1, 0.15) is 31.5 Å². The molecule has 0 aromatic carbocycles. The number of fused-ring (bicyclic) bond motifs is 2. The molecule has 112 valence electrons. The van der Waals surface area contributed by atoms with Gasteiger partial charge in [-0.3, -0.25) is 5.10 Å². The Bertz CT molecular complexity index is 656. The van der Waals surface area contributed by atoms with Gasteiger partial charge < -0.3 is 15.4 Å². The van der Waals surface area contributed by atoms with E-state index in [1.807, 2.05) is 6.92 Å². The van der Waals surface area contributed by atoms with Crippen molar-refractivity contribution in [3.63, 3.8) is 0 Å². The van der Waals surface area contributed by atoms with Crippen LogP contribution in [-0.4, -0.2) is 29.8 Å². The van der Waals surface area contributed by atoms with Gasteiger partial charge in [0.25, 0.3) is 0 Å². The van der Waals surface area contributed by atoms with Crippen molar-refractivity contribution in [2.24, 2.45) is 11.7 Å². The fourth-order valence-corrected chi connectivity index (χ4v) is 4.07. The molecule has 21 heavy (non-hydrogen) atoms. The van der Waals surface area contributed by atoms with Crippen LogP contribution in [0.4, 0.5) is 0 Å². The first-order valence-electron chi connectivity index (χ1n) is 7.37. The van der Waals surface area contributed by atoms with Gasteiger partial charge in [-0.1, -0.05) is 6.92 Å². The molecule has 0 aliphatic carbocycles. The summed E-state index contributed by atoms with van der Waals surface area (Å²) in [5, 5.41) is 16.9. The highest BCUT2D eigenvalue weighted by Gasteiger charge is 2.55. The van der Waals surface area contributed by atoms with Crippen molar-refractivity contribution in [2.45, 2.75) is 38.6 Å². The van der Waals surface area contributed by atoms with Gasteiger partial charge in [-0.25, -0.2) is 0 Å². The first kappa shape index (κ1) is 14.0. The average Bonchev–Trinajstić information content (AvgIpc) is 2.78. The second-order valence-electron chi connectivity index (χ2n) is 6.51. The summed E-state index contributed by atoms with van der Waals surface area (Å²) in [5.74, 6) is 1.03. The van der Waals surface area contributed by atoms with Gasteiger partial charge in [0.2, 0.25) is 11.8 Å². The number of likely N-dealkylation sites (tertiary alicyclic amines) is 1. The number of aromatic nitrogens is 2. The largest absolute Gasteiger partial charge is 0.420 e. The minimum atomic E-state index is -0.386. The fraction of sp³-hybridized carbons (Fsp3) is 0.600. The highest BCUT2D eigenvalue weighted by molar-refractivity contribution is 5.54. The number of hydrogen-bond donors (Lipinski definition) is 3. The minimum Gasteiger partial charge on any atom is -0.420 e. The van der Waals surface area contributed by atoms with Crippen molar-refractivity contribution in [3.8, 4) is 11.9 Å². The van der Waals surface area contributed by atoms with Gasteiger partial charge in [-0.05, 0) is 13.8 Å². The second kappa shape index (κ2) is 4.50. The van der Waals surface area contributed by atoms with Crippen molar-refractivity contribution in [2.75, 3.05) is 13.6 Å². The first-order valence-corrected chi connectivity index (χ1v) is 7.37. The third kappa shape index (κ3) is 1.70. The number of aromatic amines is 1. The molecule has 0 bridgehead atoms. The number of nitrogens with two attached hydrogens (primary N) is 1. The summed E-state index contributed by atoms with van der Waals surface area (Å²) in [4.78, 5) is 1.48. The van der Waals surface area contributed by atoms with E-state index >= 15 is 0 Å². The molecule has 3 rings (SSSR count). The maximum Gasteiger partial charge on any atom is 0.244 e. The van der Waals surface area contributed by atoms with Crippen molar-refractivity contribution in [1.29, 1.82) is 5.26 Å². The predicted molar refractivity (Wildman–Crippen MR) is 77.5 cm³/mol. The fourth-order valence-electron chi connectivity index (χ4n) is 4.07. The number of nitrogens with zero attached hydrogens (tertiary/aromatic N) is 2. The van der Waals surface area contributed by atoms with E-state index < -0.39 is 0 Å². The molecular formula is C15H22N5O+. The molecule has 0 radical (unpaired) electrons. The number of aryl methyl sites for hydroxylation is 1. The van der Waals surface area contributed by atoms with E-state index in [9.17, 15) is 5.26 Å². The van der Waals surface area contributed by atoms with Gasteiger partial charge in [0.15, 0.2) is 0 Å². The molecule has 0 amide bonds. The molecule has 1 aromatic rings. The first-order chi connectivity index (χ1) is 9.91. The lowest BCUT2D eigenvalue weighted by molar-refractivity contribution is -0.914. The zero-order valence-corrected chi connectivity index (χ0v) is 12.9. The maximum absolute atomic E-state index is 9.70. The number of allylic oxidation sites excluding steroid dienone is 1. The molecule has 6 heteroatoms. The van der Waals surface area contributed by atoms with Crippen LogP contribution in [0.15, 0.2) is 11.5 Å². The van der Waals surface area contributed by atoms with E-state index in [1.54, 1.807) is 0 Å². The molecule has 0 saturated carbocycles. The van der Waals surface area contributed by atoms with Crippen LogP contribution in [0.3, 0.4) is 0 Å². The van der Waals surface area contributed by atoms with E-state index in [0.29, 0.717) is 23.4 Å². The summed E-state index contributed by atoms with van der Waals surface area (Å²) < 4.78 is 5.58. The van der Waals surface area contributed by atoms with Gasteiger partial charge in [-0.2, -0.15) is 5.26 Å². The Hall–Kier alpha value is -2.00. The van der Waals surface area contributed by atoms with E-state index in [2.05, 4.69) is 37.2 Å². The quantitative estimate of drug-likeness (QED) is 0.626. The lowest BCUT2D eigenvalue weighted by Crippen LogP contribution is -3.15. The van der Waals surface area contributed by atoms with Crippen LogP contribution in [0.5, 0.6) is 5.88 Å². The SMILES string of the molecule is Cc1[nH]nc2c1[C@]1(C[C@H](C)[NH+](C)C[C@@H]1C)C(C#N)=C(N)O2. The number of piperidine rings is 1. The Balaban J connectivity index is 2.26. The van der Waals surface area contributed by atoms with Crippen molar-refractivity contribution in [3.05, 3.63) is 22.7 Å². The average molecular weight is 288 g/mol. The van der Waals surface area contributed by atoms with Crippen LogP contribution in [0, 0.1) is 24.2 Å². The summed E-state index contributed by atoms with van der Waals surface area (Å²) in [6, 6.07) is 2.76. The molecule has 2 aliphatic rings. The number of nitrogens with one attached hydrogen (secondary N) is 2. The molecule has 1 spiro atoms. The Morgan fingerprint density at radius 2 is 2.24 bits per heavy atom. The summed E-state index contributed by atoms with van der Waals surface area (Å²) in [7, 11) is 2.20. The molecule has 6 nitrogen and oxygen atoms in total. The minimum absolute atomic E-state index is 0.204. The molecule has 4 atom stereocenters. The zero-order chi connectivity index (χ0) is 15.4. The van der Waals surface area contributed by atoms with Crippen molar-refractivity contribution < 1.29 is 9.64 Å². The number of quaternary nitrogens is 1. The van der Waals surface area contributed by atoms with Gasteiger partial charge in [0, 0.05) is 23.6 Å². The Morgan fingerprint density at radius 3 is 2.90 bits per heavy atom. The predicted octanol–water partition coefficient (Wildman–Crippen LogP) is -0.0148. The molecule has 3 heterocycles. The second-order valence-corrected chi connectivity index (χ2v) is 6.51. The lowest BCUT2D eigenvalue weighted by atomic mass is 9.60. The summed E-state index contributed by atoms with van der Waals surface area (Å²) in [6.07, 6.45) is 0.875. The Labute approximate surface area is 124 Å². The highest BCUT2D eigenvalue weighted by atomic mass is 16.5. The van der Waals surface area contributed by atoms with E-state index in [0.717, 1.165) is 24.2 Å². The maximum atomic E-state index is 9.70. The normalized spacial score (nSPS) is 35.3. The highest BCUT2D eigenvalue weighted by Crippen LogP contribution is 2.51. The monoisotopic (exact) mass is 288 g/mol. The number of H-pyrrole nitrogens is 1. The third-order valence-corrected chi connectivity index (χ3v) is 5.31. The smallest absolute Gasteiger partial charge is 0.244 e. The van der Waals surface area contributed by atoms with Gasteiger partial charge >= 0.3 is 0 Å². The topological polar surface area (TPSA) is 92.2 Å². The van der Waals surface area contributed by atoms with E-state index in [4.69, 9.17) is 10.5 Å². The zero-order valence-electron chi connectivity index (χ0n) is 12.9. The molecule has 1 fully saturated rings. The molecular weight excluding hydrogens is 266 g/mol. The summed E-state index contributed by atoms with van der Waals surface area (Å²) >= 11 is 0. The van der Waals surface area contributed by atoms with E-state index in [1.165, 1.54) is 4.90 Å². The number of rotatable bonds is 0. The van der Waals surface area contributed by atoms with Crippen LogP contribution in [0.2, 0.25) is 0 Å². The lowest BCUT2D eigenvalue weighted by Gasteiger charge is -2.47. The molecule has 1 saturated heterocycles. The number of nitriles is 1. The van der Waals surface area contributed by atoms with Crippen LogP contribution >= 0.6 is 0 Å². The Morgan fingerprint density at radius 1 is 1.52 bits per heavy atom. The summed E-state index contributed by atoms with van der Waals surface area (Å²) in [5.41, 5.74) is 8.19. The van der Waals surface area contributed by atoms with Gasteiger partial charge in [0.1, 0.15) is 11.6 Å². The van der Waals surface area contributed by atoms with Crippen molar-refractivity contribution >= 4 is 0 Å². The standard InChI is InChI=1S/C15H21N5O/c1-8-7-20(4)9(2)5-15(8)11(6-16)13(17)21-14-12(15)10(3)18-19-14/h8-9H,5,7,17H2,1-4H3,(H,18,19)/p+1/t8-,9-,15-/m0/s1. The Kier molecular flexibility index (Phi) is 2.99. The number of hydrogen-bond acceptors (Lipinski definition) is 4. The molecule has 2 aliphatic heterocycles. The molecule has 1 unspecified atom stereocenters. The van der Waals surface area contributed by atoms with Gasteiger partial charge in [0.05, 0.1) is 25.0 Å². The molecule has 4 N–H and O–H groups in total. The molecule has 1 aromatic heterocycles. The third-order valence-electron chi connectivity index (χ3n) is 5.31. The van der Waals surface area contributed by atoms with Crippen molar-refractivity contribution in [1.82, 2.24) is 10.2 Å². The van der Waals surface area contributed by atoms with Crippen LogP contribution < -0.4 is 15.4 Å². The van der Waals surface area contributed by atoms with E-state index in [-0.39, 0.29) is 11.3 Å². The van der Waals surface area contributed by atoms with Crippen LogP contribution in [-0.2, 0) is 5.41 Å². The van der Waals surface area contributed by atoms with Gasteiger partial charge in [-0.15, -0.1) is 5.10 Å². The van der Waals surface area contributed by atoms with Crippen LogP contribution in [0.25, 0.3) is 0 Å². The number of ether oxygens (including phenoxy) is 1. The summed E-state index contributed by atoms with van der Waals surface area (Å²) in [6.45, 7) is 7.39.